The maximum atomic E-state index is 6.32. The van der Waals surface area contributed by atoms with Gasteiger partial charge >= 0.3 is 0 Å². The highest BCUT2D eigenvalue weighted by Gasteiger charge is 2.27. The molecule has 2 aromatic heterocycles. The summed E-state index contributed by atoms with van der Waals surface area (Å²) in [5, 5.41) is 4.10. The zero-order valence-electron chi connectivity index (χ0n) is 14.0. The second kappa shape index (κ2) is 7.03. The summed E-state index contributed by atoms with van der Waals surface area (Å²) in [6.45, 7) is 7.13. The number of pyridine rings is 1. The minimum atomic E-state index is 0.233. The van der Waals surface area contributed by atoms with E-state index in [1.807, 2.05) is 19.2 Å². The van der Waals surface area contributed by atoms with E-state index in [0.29, 0.717) is 0 Å². The Hall–Kier alpha value is -1.73. The molecule has 0 unspecified atom stereocenters. The van der Waals surface area contributed by atoms with Gasteiger partial charge in [0.05, 0.1) is 10.6 Å². The first kappa shape index (κ1) is 15.8. The summed E-state index contributed by atoms with van der Waals surface area (Å²) in [4.78, 5) is 10.6. The molecule has 0 bridgehead atoms. The Labute approximate surface area is 146 Å². The Morgan fingerprint density at radius 2 is 2.17 bits per heavy atom. The maximum absolute atomic E-state index is 6.32. The molecule has 2 aliphatic heterocycles. The number of aryl methyl sites for hydroxylation is 1. The average Bonchev–Trinajstić information content (AvgIpc) is 3.32. The second-order valence-electron chi connectivity index (χ2n) is 6.56. The van der Waals surface area contributed by atoms with Gasteiger partial charge in [0, 0.05) is 38.9 Å². The third kappa shape index (κ3) is 3.37. The van der Waals surface area contributed by atoms with Gasteiger partial charge in [-0.3, -0.25) is 4.90 Å². The van der Waals surface area contributed by atoms with Crippen molar-refractivity contribution in [2.75, 3.05) is 31.1 Å². The quantitative estimate of drug-likeness (QED) is 0.830. The van der Waals surface area contributed by atoms with Crippen molar-refractivity contribution < 1.29 is 4.74 Å². The molecule has 6 nitrogen and oxygen atoms in total. The number of anilines is 1. The van der Waals surface area contributed by atoms with Crippen LogP contribution in [0.4, 0.5) is 5.82 Å². The van der Waals surface area contributed by atoms with Crippen molar-refractivity contribution in [3.05, 3.63) is 28.9 Å². The molecule has 0 radical (unpaired) electrons. The fourth-order valence-corrected chi connectivity index (χ4v) is 4.13. The highest BCUT2D eigenvalue weighted by atomic mass is 32.1. The van der Waals surface area contributed by atoms with Crippen LogP contribution in [-0.2, 0) is 6.54 Å². The third-order valence-electron chi connectivity index (χ3n) is 4.79. The number of ether oxygens (including phenoxy) is 1. The first-order chi connectivity index (χ1) is 11.8. The van der Waals surface area contributed by atoms with Gasteiger partial charge in [-0.1, -0.05) is 4.49 Å². The van der Waals surface area contributed by atoms with Crippen LogP contribution in [-0.4, -0.2) is 51.8 Å². The van der Waals surface area contributed by atoms with Crippen LogP contribution in [0, 0.1) is 6.92 Å². The van der Waals surface area contributed by atoms with E-state index in [0.717, 1.165) is 56.4 Å². The van der Waals surface area contributed by atoms with Gasteiger partial charge < -0.3 is 9.64 Å². The lowest BCUT2D eigenvalue weighted by Gasteiger charge is -2.22. The summed E-state index contributed by atoms with van der Waals surface area (Å²) >= 11 is 1.50. The molecule has 0 saturated carbocycles. The fraction of sp³-hybridized carbons (Fsp3) is 0.588. The molecular formula is C17H23N5OS. The van der Waals surface area contributed by atoms with E-state index in [-0.39, 0.29) is 6.10 Å². The normalized spacial score (nSPS) is 21.5. The molecule has 0 amide bonds. The van der Waals surface area contributed by atoms with E-state index in [1.165, 1.54) is 29.3 Å². The van der Waals surface area contributed by atoms with Gasteiger partial charge in [-0.15, -0.1) is 5.10 Å². The zero-order chi connectivity index (χ0) is 16.4. The molecule has 7 heteroatoms. The third-order valence-corrected chi connectivity index (χ3v) is 5.60. The molecule has 2 saturated heterocycles. The van der Waals surface area contributed by atoms with Gasteiger partial charge in [0.15, 0.2) is 11.6 Å². The SMILES string of the molecule is Cc1nnsc1CN1CC[C@@H](Oc2cccnc2N2CCCC2)C1. The van der Waals surface area contributed by atoms with Crippen LogP contribution in [0.25, 0.3) is 0 Å². The van der Waals surface area contributed by atoms with Crippen molar-refractivity contribution in [1.29, 1.82) is 0 Å². The van der Waals surface area contributed by atoms with Crippen molar-refractivity contribution >= 4 is 17.4 Å². The lowest BCUT2D eigenvalue weighted by molar-refractivity contribution is 0.198. The molecule has 1 atom stereocenters. The summed E-state index contributed by atoms with van der Waals surface area (Å²) < 4.78 is 10.4. The summed E-state index contributed by atoms with van der Waals surface area (Å²) in [7, 11) is 0. The molecule has 2 fully saturated rings. The standard InChI is InChI=1S/C17H23N5OS/c1-13-16(24-20-19-13)12-21-10-6-14(11-21)23-15-5-4-7-18-17(15)22-8-2-3-9-22/h4-5,7,14H,2-3,6,8-12H2,1H3/t14-/m1/s1. The molecule has 24 heavy (non-hydrogen) atoms. The van der Waals surface area contributed by atoms with Crippen LogP contribution < -0.4 is 9.64 Å². The highest BCUT2D eigenvalue weighted by Crippen LogP contribution is 2.30. The van der Waals surface area contributed by atoms with Crippen molar-refractivity contribution in [2.45, 2.75) is 38.8 Å². The largest absolute Gasteiger partial charge is 0.485 e. The van der Waals surface area contributed by atoms with Gasteiger partial charge in [0.25, 0.3) is 0 Å². The molecule has 0 spiro atoms. The van der Waals surface area contributed by atoms with Crippen molar-refractivity contribution in [3.8, 4) is 5.75 Å². The summed E-state index contributed by atoms with van der Waals surface area (Å²) in [6, 6.07) is 4.02. The second-order valence-corrected chi connectivity index (χ2v) is 7.40. The van der Waals surface area contributed by atoms with Crippen LogP contribution in [0.15, 0.2) is 18.3 Å². The van der Waals surface area contributed by atoms with Crippen molar-refractivity contribution in [2.24, 2.45) is 0 Å². The molecule has 2 aliphatic rings. The van der Waals surface area contributed by atoms with Crippen LogP contribution in [0.3, 0.4) is 0 Å². The van der Waals surface area contributed by atoms with Gasteiger partial charge in [-0.2, -0.15) is 0 Å². The van der Waals surface area contributed by atoms with Crippen LogP contribution in [0.5, 0.6) is 5.75 Å². The van der Waals surface area contributed by atoms with Gasteiger partial charge in [-0.05, 0) is 49.9 Å². The lowest BCUT2D eigenvalue weighted by Crippen LogP contribution is -2.26. The number of nitrogens with zero attached hydrogens (tertiary/aromatic N) is 5. The van der Waals surface area contributed by atoms with Gasteiger partial charge in [0.2, 0.25) is 0 Å². The van der Waals surface area contributed by atoms with E-state index in [4.69, 9.17) is 4.74 Å². The minimum absolute atomic E-state index is 0.233. The average molecular weight is 345 g/mol. The Morgan fingerprint density at radius 1 is 1.29 bits per heavy atom. The predicted molar refractivity (Wildman–Crippen MR) is 94.6 cm³/mol. The highest BCUT2D eigenvalue weighted by molar-refractivity contribution is 7.05. The molecule has 0 aromatic carbocycles. The van der Waals surface area contributed by atoms with Crippen LogP contribution >= 0.6 is 11.5 Å². The van der Waals surface area contributed by atoms with Gasteiger partial charge in [-0.25, -0.2) is 4.98 Å². The Balaban J connectivity index is 1.39. The lowest BCUT2D eigenvalue weighted by atomic mass is 10.3. The molecule has 0 N–H and O–H groups in total. The first-order valence-electron chi connectivity index (χ1n) is 8.66. The number of aromatic nitrogens is 3. The Morgan fingerprint density at radius 3 is 2.96 bits per heavy atom. The van der Waals surface area contributed by atoms with Crippen molar-refractivity contribution in [3.63, 3.8) is 0 Å². The monoisotopic (exact) mass is 345 g/mol. The Kier molecular flexibility index (Phi) is 4.62. The summed E-state index contributed by atoms with van der Waals surface area (Å²) in [5.74, 6) is 1.94. The summed E-state index contributed by atoms with van der Waals surface area (Å²) in [5.41, 5.74) is 1.05. The zero-order valence-corrected chi connectivity index (χ0v) is 14.8. The fourth-order valence-electron chi connectivity index (χ4n) is 3.46. The van der Waals surface area contributed by atoms with E-state index >= 15 is 0 Å². The molecule has 4 rings (SSSR count). The van der Waals surface area contributed by atoms with Crippen LogP contribution in [0.2, 0.25) is 0 Å². The molecule has 0 aliphatic carbocycles. The number of hydrogen-bond acceptors (Lipinski definition) is 7. The smallest absolute Gasteiger partial charge is 0.171 e. The molecule has 128 valence electrons. The molecule has 4 heterocycles. The van der Waals surface area contributed by atoms with E-state index in [1.54, 1.807) is 0 Å². The predicted octanol–water partition coefficient (Wildman–Crippen LogP) is 2.50. The van der Waals surface area contributed by atoms with E-state index in [2.05, 4.69) is 30.4 Å². The van der Waals surface area contributed by atoms with Gasteiger partial charge in [0.1, 0.15) is 6.10 Å². The van der Waals surface area contributed by atoms with E-state index < -0.39 is 0 Å². The summed E-state index contributed by atoms with van der Waals surface area (Å²) in [6.07, 6.45) is 5.64. The Bertz CT molecular complexity index is 685. The number of hydrogen-bond donors (Lipinski definition) is 0. The van der Waals surface area contributed by atoms with Crippen molar-refractivity contribution in [1.82, 2.24) is 19.5 Å². The molecule has 2 aromatic rings. The maximum Gasteiger partial charge on any atom is 0.171 e. The van der Waals surface area contributed by atoms with E-state index in [9.17, 15) is 0 Å². The number of likely N-dealkylation sites (tertiary alicyclic amines) is 1. The number of rotatable bonds is 5. The topological polar surface area (TPSA) is 54.4 Å². The molecular weight excluding hydrogens is 322 g/mol. The first-order valence-corrected chi connectivity index (χ1v) is 9.44. The minimum Gasteiger partial charge on any atom is -0.485 e. The van der Waals surface area contributed by atoms with Crippen LogP contribution in [0.1, 0.15) is 29.8 Å².